The van der Waals surface area contributed by atoms with E-state index >= 15 is 0 Å². The molecule has 0 aliphatic carbocycles. The highest BCUT2D eigenvalue weighted by atomic mass is 19.1. The van der Waals surface area contributed by atoms with Gasteiger partial charge >= 0.3 is 0 Å². The van der Waals surface area contributed by atoms with E-state index in [0.717, 1.165) is 11.0 Å². The predicted octanol–water partition coefficient (Wildman–Crippen LogP) is 1.27. The van der Waals surface area contributed by atoms with Crippen LogP contribution in [-0.2, 0) is 4.79 Å². The summed E-state index contributed by atoms with van der Waals surface area (Å²) in [4.78, 5) is 24.5. The lowest BCUT2D eigenvalue weighted by Gasteiger charge is -2.18. The second-order valence-electron chi connectivity index (χ2n) is 4.28. The van der Waals surface area contributed by atoms with Crippen molar-refractivity contribution in [1.29, 1.82) is 0 Å². The Hall–Kier alpha value is -2.08. The van der Waals surface area contributed by atoms with Crippen LogP contribution in [0.3, 0.4) is 0 Å². The van der Waals surface area contributed by atoms with E-state index in [1.165, 1.54) is 0 Å². The van der Waals surface area contributed by atoms with Gasteiger partial charge in [0.2, 0.25) is 0 Å². The van der Waals surface area contributed by atoms with E-state index in [9.17, 15) is 18.4 Å². The molecule has 4 nitrogen and oxygen atoms in total. The molecule has 0 aromatic heterocycles. The van der Waals surface area contributed by atoms with Gasteiger partial charge in [0.1, 0.15) is 5.82 Å². The van der Waals surface area contributed by atoms with Crippen LogP contribution in [0.4, 0.5) is 14.5 Å². The molecule has 0 fully saturated rings. The van der Waals surface area contributed by atoms with Crippen LogP contribution in [-0.4, -0.2) is 31.8 Å². The topological polar surface area (TPSA) is 49.4 Å². The van der Waals surface area contributed by atoms with Crippen molar-refractivity contribution in [2.24, 2.45) is 0 Å². The number of halogens is 2. The average Bonchev–Trinajstić information content (AvgIpc) is 2.55. The van der Waals surface area contributed by atoms with E-state index < -0.39 is 23.3 Å². The van der Waals surface area contributed by atoms with Crippen LogP contribution in [0, 0.1) is 11.6 Å². The Morgan fingerprint density at radius 3 is 2.68 bits per heavy atom. The SMILES string of the molecule is C=C(CNC)CN1C(=O)C(=O)c2cc(F)cc(F)c21. The lowest BCUT2D eigenvalue weighted by molar-refractivity contribution is -0.114. The first-order valence-electron chi connectivity index (χ1n) is 5.62. The largest absolute Gasteiger partial charge is 0.316 e. The fourth-order valence-electron chi connectivity index (χ4n) is 2.03. The number of likely N-dealkylation sites (N-methyl/N-ethyl adjacent to an activating group) is 1. The maximum atomic E-state index is 13.8. The molecule has 6 heteroatoms. The van der Waals surface area contributed by atoms with Crippen molar-refractivity contribution in [3.05, 3.63) is 41.5 Å². The first-order valence-corrected chi connectivity index (χ1v) is 5.62. The van der Waals surface area contributed by atoms with Gasteiger partial charge in [-0.3, -0.25) is 14.5 Å². The van der Waals surface area contributed by atoms with E-state index in [-0.39, 0.29) is 17.8 Å². The van der Waals surface area contributed by atoms with Gasteiger partial charge in [-0.1, -0.05) is 6.58 Å². The van der Waals surface area contributed by atoms with Crippen molar-refractivity contribution in [3.63, 3.8) is 0 Å². The zero-order chi connectivity index (χ0) is 14.2. The molecule has 0 bridgehead atoms. The average molecular weight is 266 g/mol. The Morgan fingerprint density at radius 1 is 1.37 bits per heavy atom. The molecule has 0 saturated carbocycles. The standard InChI is InChI=1S/C13H12F2N2O2/c1-7(5-16-2)6-17-11-9(12(18)13(17)19)3-8(14)4-10(11)15/h3-4,16H,1,5-6H2,2H3. The third kappa shape index (κ3) is 2.26. The van der Waals surface area contributed by atoms with E-state index in [1.54, 1.807) is 7.05 Å². The number of Topliss-reactive ketones (excluding diaryl/α,β-unsaturated/α-hetero) is 1. The van der Waals surface area contributed by atoms with Crippen LogP contribution in [0.2, 0.25) is 0 Å². The lowest BCUT2D eigenvalue weighted by Crippen LogP contribution is -2.33. The minimum absolute atomic E-state index is 0.0148. The number of hydrogen-bond acceptors (Lipinski definition) is 3. The summed E-state index contributed by atoms with van der Waals surface area (Å²) >= 11 is 0. The molecule has 19 heavy (non-hydrogen) atoms. The third-order valence-corrected chi connectivity index (χ3v) is 2.79. The molecule has 0 saturated heterocycles. The molecule has 1 heterocycles. The fourth-order valence-corrected chi connectivity index (χ4v) is 2.03. The number of carbonyl (C=O) groups is 2. The molecule has 2 rings (SSSR count). The molecule has 1 aliphatic heterocycles. The quantitative estimate of drug-likeness (QED) is 0.659. The van der Waals surface area contributed by atoms with Gasteiger partial charge in [-0.2, -0.15) is 0 Å². The summed E-state index contributed by atoms with van der Waals surface area (Å²) in [5.41, 5.74) is 0.202. The predicted molar refractivity (Wildman–Crippen MR) is 66.1 cm³/mol. The summed E-state index contributed by atoms with van der Waals surface area (Å²) < 4.78 is 26.8. The summed E-state index contributed by atoms with van der Waals surface area (Å²) in [6.45, 7) is 4.16. The van der Waals surface area contributed by atoms with Crippen LogP contribution in [0.25, 0.3) is 0 Å². The molecule has 0 spiro atoms. The highest BCUT2D eigenvalue weighted by Gasteiger charge is 2.38. The molecule has 1 amide bonds. The molecule has 100 valence electrons. The van der Waals surface area contributed by atoms with Crippen molar-refractivity contribution in [2.75, 3.05) is 25.0 Å². The van der Waals surface area contributed by atoms with Gasteiger partial charge in [-0.25, -0.2) is 8.78 Å². The van der Waals surface area contributed by atoms with Crippen molar-refractivity contribution < 1.29 is 18.4 Å². The Kier molecular flexibility index (Phi) is 3.44. The normalized spacial score (nSPS) is 13.9. The van der Waals surface area contributed by atoms with Gasteiger partial charge in [0, 0.05) is 19.2 Å². The van der Waals surface area contributed by atoms with Crippen molar-refractivity contribution in [2.45, 2.75) is 0 Å². The second kappa shape index (κ2) is 4.89. The number of rotatable bonds is 4. The maximum Gasteiger partial charge on any atom is 0.299 e. The molecule has 1 aromatic carbocycles. The number of nitrogens with zero attached hydrogens (tertiary/aromatic N) is 1. The molecular formula is C13H12F2N2O2. The molecule has 1 aliphatic rings. The van der Waals surface area contributed by atoms with E-state index in [2.05, 4.69) is 11.9 Å². The van der Waals surface area contributed by atoms with E-state index in [1.807, 2.05) is 0 Å². The van der Waals surface area contributed by atoms with Crippen LogP contribution < -0.4 is 10.2 Å². The van der Waals surface area contributed by atoms with Gasteiger partial charge in [0.15, 0.2) is 5.82 Å². The summed E-state index contributed by atoms with van der Waals surface area (Å²) in [5.74, 6) is -3.57. The van der Waals surface area contributed by atoms with Crippen LogP contribution in [0.1, 0.15) is 10.4 Å². The fraction of sp³-hybridized carbons (Fsp3) is 0.231. The smallest absolute Gasteiger partial charge is 0.299 e. The number of anilines is 1. The molecule has 0 atom stereocenters. The van der Waals surface area contributed by atoms with Crippen LogP contribution in [0.15, 0.2) is 24.3 Å². The first-order chi connectivity index (χ1) is 8.95. The number of nitrogens with one attached hydrogen (secondary N) is 1. The second-order valence-corrected chi connectivity index (χ2v) is 4.28. The highest BCUT2D eigenvalue weighted by molar-refractivity contribution is 6.52. The highest BCUT2D eigenvalue weighted by Crippen LogP contribution is 2.32. The van der Waals surface area contributed by atoms with Crippen molar-refractivity contribution in [3.8, 4) is 0 Å². The number of amides is 1. The van der Waals surface area contributed by atoms with Gasteiger partial charge in [0.05, 0.1) is 11.3 Å². The molecule has 0 radical (unpaired) electrons. The number of carbonyl (C=O) groups excluding carboxylic acids is 2. The summed E-state index contributed by atoms with van der Waals surface area (Å²) in [6, 6.07) is 1.53. The molecular weight excluding hydrogens is 254 g/mol. The molecule has 1 aromatic rings. The Balaban J connectivity index is 2.41. The number of ketones is 1. The van der Waals surface area contributed by atoms with E-state index in [0.29, 0.717) is 18.2 Å². The Labute approximate surface area is 108 Å². The van der Waals surface area contributed by atoms with Crippen molar-refractivity contribution in [1.82, 2.24) is 5.32 Å². The Bertz CT molecular complexity index is 584. The minimum atomic E-state index is -0.925. The van der Waals surface area contributed by atoms with Gasteiger partial charge in [0.25, 0.3) is 11.7 Å². The van der Waals surface area contributed by atoms with Crippen LogP contribution >= 0.6 is 0 Å². The van der Waals surface area contributed by atoms with E-state index in [4.69, 9.17) is 0 Å². The molecule has 0 unspecified atom stereocenters. The zero-order valence-electron chi connectivity index (χ0n) is 10.3. The molecule has 1 N–H and O–H groups in total. The summed E-state index contributed by atoms with van der Waals surface area (Å²) in [6.07, 6.45) is 0. The minimum Gasteiger partial charge on any atom is -0.316 e. The van der Waals surface area contributed by atoms with Gasteiger partial charge in [-0.15, -0.1) is 0 Å². The number of fused-ring (bicyclic) bond motifs is 1. The maximum absolute atomic E-state index is 13.8. The third-order valence-electron chi connectivity index (χ3n) is 2.79. The van der Waals surface area contributed by atoms with Gasteiger partial charge < -0.3 is 5.32 Å². The summed E-state index contributed by atoms with van der Waals surface area (Å²) in [5, 5.41) is 2.84. The first kappa shape index (κ1) is 13.4. The Morgan fingerprint density at radius 2 is 2.05 bits per heavy atom. The van der Waals surface area contributed by atoms with Gasteiger partial charge in [-0.05, 0) is 18.7 Å². The summed E-state index contributed by atoms with van der Waals surface area (Å²) in [7, 11) is 1.70. The van der Waals surface area contributed by atoms with Crippen LogP contribution in [0.5, 0.6) is 0 Å². The monoisotopic (exact) mass is 266 g/mol. The number of benzene rings is 1. The zero-order valence-corrected chi connectivity index (χ0v) is 10.3. The number of hydrogen-bond donors (Lipinski definition) is 1. The lowest BCUT2D eigenvalue weighted by atomic mass is 10.1. The van der Waals surface area contributed by atoms with Crippen molar-refractivity contribution >= 4 is 17.4 Å².